The molecule has 0 saturated carbocycles. The first kappa shape index (κ1) is 28.8. The molecule has 246 valence electrons. The van der Waals surface area contributed by atoms with Gasteiger partial charge in [0.05, 0.1) is 22.1 Å². The number of benzene rings is 8. The van der Waals surface area contributed by atoms with Crippen molar-refractivity contribution in [3.63, 3.8) is 0 Å². The lowest BCUT2D eigenvalue weighted by atomic mass is 9.98. The number of thiophene rings is 1. The van der Waals surface area contributed by atoms with Crippen LogP contribution in [0.5, 0.6) is 0 Å². The van der Waals surface area contributed by atoms with Crippen LogP contribution >= 0.6 is 11.3 Å². The summed E-state index contributed by atoms with van der Waals surface area (Å²) < 4.78 is 11.4. The van der Waals surface area contributed by atoms with Gasteiger partial charge >= 0.3 is 0 Å². The number of rotatable bonds is 3. The van der Waals surface area contributed by atoms with Crippen LogP contribution in [0.3, 0.4) is 0 Å². The van der Waals surface area contributed by atoms with Crippen molar-refractivity contribution in [3.05, 3.63) is 164 Å². The summed E-state index contributed by atoms with van der Waals surface area (Å²) in [5.41, 5.74) is 7.80. The average molecular weight is 694 g/mol. The Labute approximate surface area is 306 Å². The van der Waals surface area contributed by atoms with E-state index in [1.54, 1.807) is 0 Å². The zero-order valence-electron chi connectivity index (χ0n) is 28.2. The smallest absolute Gasteiger partial charge is 0.238 e. The van der Waals surface area contributed by atoms with Gasteiger partial charge in [0.25, 0.3) is 0 Å². The maximum atomic E-state index is 6.57. The van der Waals surface area contributed by atoms with Gasteiger partial charge in [-0.3, -0.25) is 4.57 Å². The van der Waals surface area contributed by atoms with Gasteiger partial charge in [-0.15, -0.1) is 11.3 Å². The minimum atomic E-state index is 0.572. The van der Waals surface area contributed by atoms with Crippen molar-refractivity contribution in [2.75, 3.05) is 0 Å². The van der Waals surface area contributed by atoms with Gasteiger partial charge in [0, 0.05) is 52.7 Å². The number of nitrogens with zero attached hydrogens (tertiary/aromatic N) is 3. The highest BCUT2D eigenvalue weighted by Crippen LogP contribution is 2.48. The highest BCUT2D eigenvalue weighted by Gasteiger charge is 2.25. The molecule has 4 heterocycles. The van der Waals surface area contributed by atoms with E-state index in [9.17, 15) is 0 Å². The average Bonchev–Trinajstić information content (AvgIpc) is 3.90. The van der Waals surface area contributed by atoms with Gasteiger partial charge in [-0.2, -0.15) is 4.98 Å². The molecule has 0 spiro atoms. The second-order valence-corrected chi connectivity index (χ2v) is 14.8. The van der Waals surface area contributed by atoms with Gasteiger partial charge < -0.3 is 4.42 Å². The summed E-state index contributed by atoms with van der Waals surface area (Å²) in [4.78, 5) is 10.8. The zero-order chi connectivity index (χ0) is 34.6. The molecule has 0 unspecified atom stereocenters. The summed E-state index contributed by atoms with van der Waals surface area (Å²) in [7, 11) is 0. The number of fused-ring (bicyclic) bond motifs is 14. The van der Waals surface area contributed by atoms with Gasteiger partial charge in [0.2, 0.25) is 11.7 Å². The Morgan fingerprint density at radius 2 is 1.13 bits per heavy atom. The fourth-order valence-corrected chi connectivity index (χ4v) is 9.70. The Kier molecular flexibility index (Phi) is 5.90. The third-order valence-corrected chi connectivity index (χ3v) is 12.0. The van der Waals surface area contributed by atoms with Gasteiger partial charge in [-0.25, -0.2) is 4.98 Å². The van der Waals surface area contributed by atoms with Gasteiger partial charge in [0.1, 0.15) is 5.58 Å². The summed E-state index contributed by atoms with van der Waals surface area (Å²) >= 11 is 1.87. The van der Waals surface area contributed by atoms with Crippen LogP contribution in [0.15, 0.2) is 168 Å². The highest BCUT2D eigenvalue weighted by atomic mass is 32.1. The van der Waals surface area contributed by atoms with Crippen LogP contribution in [-0.4, -0.2) is 14.5 Å². The largest absolute Gasteiger partial charge is 0.437 e. The lowest BCUT2D eigenvalue weighted by molar-refractivity contribution is 0.651. The Morgan fingerprint density at radius 1 is 0.472 bits per heavy atom. The number of furan rings is 1. The molecule has 53 heavy (non-hydrogen) atoms. The number of aromatic nitrogens is 3. The maximum Gasteiger partial charge on any atom is 0.238 e. The summed E-state index contributed by atoms with van der Waals surface area (Å²) in [6.45, 7) is 0. The van der Waals surface area contributed by atoms with Gasteiger partial charge in [-0.05, 0) is 52.2 Å². The van der Waals surface area contributed by atoms with Crippen molar-refractivity contribution < 1.29 is 4.42 Å². The number of para-hydroxylation sites is 2. The van der Waals surface area contributed by atoms with Crippen molar-refractivity contribution in [3.8, 4) is 28.3 Å². The van der Waals surface area contributed by atoms with Crippen LogP contribution in [0.2, 0.25) is 0 Å². The lowest BCUT2D eigenvalue weighted by Crippen LogP contribution is -2.03. The molecule has 0 atom stereocenters. The molecule has 0 radical (unpaired) electrons. The quantitative estimate of drug-likeness (QED) is 0.185. The van der Waals surface area contributed by atoms with Gasteiger partial charge in [0.15, 0.2) is 0 Å². The van der Waals surface area contributed by atoms with Crippen LogP contribution < -0.4 is 0 Å². The Balaban J connectivity index is 1.19. The fraction of sp³-hybridized carbons (Fsp3) is 0. The molecule has 0 saturated heterocycles. The zero-order valence-corrected chi connectivity index (χ0v) is 29.1. The van der Waals surface area contributed by atoms with Crippen molar-refractivity contribution in [2.24, 2.45) is 0 Å². The molecule has 0 fully saturated rings. The first-order chi connectivity index (χ1) is 26.3. The van der Waals surface area contributed by atoms with E-state index < -0.39 is 0 Å². The molecule has 0 aliphatic rings. The highest BCUT2D eigenvalue weighted by molar-refractivity contribution is 7.27. The van der Waals surface area contributed by atoms with Crippen molar-refractivity contribution >= 4 is 96.9 Å². The van der Waals surface area contributed by atoms with Crippen LogP contribution in [0.4, 0.5) is 0 Å². The second-order valence-electron chi connectivity index (χ2n) is 13.7. The second kappa shape index (κ2) is 10.8. The molecule has 12 rings (SSSR count). The van der Waals surface area contributed by atoms with Gasteiger partial charge in [-0.1, -0.05) is 133 Å². The van der Waals surface area contributed by atoms with Crippen molar-refractivity contribution in [1.29, 1.82) is 0 Å². The van der Waals surface area contributed by atoms with E-state index in [-0.39, 0.29) is 0 Å². The topological polar surface area (TPSA) is 43.9 Å². The third-order valence-electron chi connectivity index (χ3n) is 10.8. The SMILES string of the molecule is c1ccc(-c2ccc3cc(-c4nc(-n5c6ccccc6c6c7c8ccccc8sc7c7ccccc7c65)nc5oc6ccccc6c45)ccc3c2)cc1. The number of hydrogen-bond acceptors (Lipinski definition) is 4. The fourth-order valence-electron chi connectivity index (χ4n) is 8.45. The molecule has 4 aromatic heterocycles. The molecular formula is C48H27N3OS. The first-order valence-corrected chi connectivity index (χ1v) is 18.6. The molecule has 4 nitrogen and oxygen atoms in total. The lowest BCUT2D eigenvalue weighted by Gasteiger charge is -2.12. The standard InChI is InChI=1S/C48H27N3OS/c1-2-12-28(13-3-1)29-22-23-31-27-32(25-24-30(31)26-29)44-43-36-17-7-10-20-39(36)52-47(43)50-48(49-44)51-38-19-9-6-16-35(38)41-42-37-18-8-11-21-40(37)53-46(42)34-15-5-4-14-33(34)45(41)51/h1-27H. The summed E-state index contributed by atoms with van der Waals surface area (Å²) in [5.74, 6) is 0.585. The third kappa shape index (κ3) is 4.11. The molecule has 5 heteroatoms. The minimum Gasteiger partial charge on any atom is -0.437 e. The van der Waals surface area contributed by atoms with E-state index in [1.165, 1.54) is 58.2 Å². The van der Waals surface area contributed by atoms with E-state index in [0.717, 1.165) is 44.0 Å². The minimum absolute atomic E-state index is 0.572. The summed E-state index contributed by atoms with van der Waals surface area (Å²) in [6, 6.07) is 58.2. The van der Waals surface area contributed by atoms with Crippen molar-refractivity contribution in [2.45, 2.75) is 0 Å². The van der Waals surface area contributed by atoms with E-state index >= 15 is 0 Å². The predicted octanol–water partition coefficient (Wildman–Crippen LogP) is 13.5. The molecule has 0 N–H and O–H groups in total. The van der Waals surface area contributed by atoms with Crippen LogP contribution in [-0.2, 0) is 0 Å². The van der Waals surface area contributed by atoms with E-state index in [1.807, 2.05) is 23.5 Å². The van der Waals surface area contributed by atoms with Crippen LogP contribution in [0, 0.1) is 0 Å². The molecule has 0 aliphatic carbocycles. The molecule has 0 amide bonds. The van der Waals surface area contributed by atoms with Crippen LogP contribution in [0.1, 0.15) is 0 Å². The van der Waals surface area contributed by atoms with E-state index in [4.69, 9.17) is 14.4 Å². The maximum absolute atomic E-state index is 6.57. The summed E-state index contributed by atoms with van der Waals surface area (Å²) in [5, 5.41) is 11.6. The Hall–Kier alpha value is -6.82. The van der Waals surface area contributed by atoms with Crippen LogP contribution in [0.25, 0.3) is 114 Å². The molecule has 0 aliphatic heterocycles. The number of hydrogen-bond donors (Lipinski definition) is 0. The van der Waals surface area contributed by atoms with E-state index in [0.29, 0.717) is 11.7 Å². The molecule has 12 aromatic rings. The van der Waals surface area contributed by atoms with E-state index in [2.05, 4.69) is 156 Å². The van der Waals surface area contributed by atoms with Crippen molar-refractivity contribution in [1.82, 2.24) is 14.5 Å². The Morgan fingerprint density at radius 3 is 1.98 bits per heavy atom. The monoisotopic (exact) mass is 693 g/mol. The predicted molar refractivity (Wildman–Crippen MR) is 222 cm³/mol. The first-order valence-electron chi connectivity index (χ1n) is 17.8. The Bertz CT molecular complexity index is 3460. The normalized spacial score (nSPS) is 12.2. The molecule has 8 aromatic carbocycles. The molecule has 0 bridgehead atoms. The summed E-state index contributed by atoms with van der Waals surface area (Å²) in [6.07, 6.45) is 0. The molecular weight excluding hydrogens is 667 g/mol.